The van der Waals surface area contributed by atoms with E-state index in [2.05, 4.69) is 201 Å². The van der Waals surface area contributed by atoms with Gasteiger partial charge in [0.05, 0.1) is 0 Å². The van der Waals surface area contributed by atoms with E-state index in [0.29, 0.717) is 0 Å². The highest BCUT2D eigenvalue weighted by Crippen LogP contribution is 2.45. The van der Waals surface area contributed by atoms with Gasteiger partial charge in [0.15, 0.2) is 0 Å². The van der Waals surface area contributed by atoms with Crippen LogP contribution in [0, 0.1) is 83.1 Å². The number of fused-ring (bicyclic) bond motifs is 8. The zero-order valence-corrected chi connectivity index (χ0v) is 37.9. The molecule has 2 aromatic heterocycles. The van der Waals surface area contributed by atoms with Crippen molar-refractivity contribution in [3.05, 3.63) is 209 Å². The minimum absolute atomic E-state index is 0.0818. The number of aryl methyl sites for hydroxylation is 12. The Morgan fingerprint density at radius 2 is 0.467 bits per heavy atom. The van der Waals surface area contributed by atoms with Crippen molar-refractivity contribution in [3.8, 4) is 0 Å². The van der Waals surface area contributed by atoms with Crippen molar-refractivity contribution in [2.45, 2.75) is 131 Å². The Labute approximate surface area is 359 Å². The Morgan fingerprint density at radius 1 is 0.283 bits per heavy atom. The van der Waals surface area contributed by atoms with Gasteiger partial charge in [-0.1, -0.05) is 95.1 Å². The lowest BCUT2D eigenvalue weighted by Crippen LogP contribution is -2.41. The first-order valence-electron chi connectivity index (χ1n) is 22.2. The fraction of sp³-hybridized carbons (Fsp3) is 0.357. The van der Waals surface area contributed by atoms with Crippen LogP contribution in [0.25, 0.3) is 0 Å². The van der Waals surface area contributed by atoms with E-state index in [9.17, 15) is 0 Å². The molecule has 0 amide bonds. The van der Waals surface area contributed by atoms with Crippen LogP contribution in [0.1, 0.15) is 135 Å². The van der Waals surface area contributed by atoms with Gasteiger partial charge in [0.1, 0.15) is 0 Å². The predicted molar refractivity (Wildman–Crippen MR) is 251 cm³/mol. The maximum Gasteiger partial charge on any atom is 0.0435 e. The average Bonchev–Trinajstić information content (AvgIpc) is 3.99. The lowest BCUT2D eigenvalue weighted by Gasteiger charge is -2.33. The van der Waals surface area contributed by atoms with Gasteiger partial charge in [0, 0.05) is 70.6 Å². The predicted octanol–water partition coefficient (Wildman–Crippen LogP) is 12.1. The molecular formula is C56H64N4. The van der Waals surface area contributed by atoms with Gasteiger partial charge in [-0.15, -0.1) is 0 Å². The van der Waals surface area contributed by atoms with Crippen LogP contribution < -0.4 is 10.6 Å². The molecule has 3 aliphatic rings. The molecule has 9 rings (SSSR count). The monoisotopic (exact) mass is 793 g/mol. The van der Waals surface area contributed by atoms with Crippen LogP contribution in [-0.2, 0) is 0 Å². The summed E-state index contributed by atoms with van der Waals surface area (Å²) in [5.74, 6) is 0.356. The Kier molecular flexibility index (Phi) is 10.3. The number of hydrogen-bond acceptors (Lipinski definition) is 2. The second-order valence-electron chi connectivity index (χ2n) is 19.1. The first-order valence-corrected chi connectivity index (χ1v) is 22.2. The fourth-order valence-corrected chi connectivity index (χ4v) is 12.4. The van der Waals surface area contributed by atoms with E-state index in [1.165, 1.54) is 112 Å². The summed E-state index contributed by atoms with van der Waals surface area (Å²) in [5, 5.41) is 8.59. The number of aromatic amines is 2. The quantitative estimate of drug-likeness (QED) is 0.134. The maximum absolute atomic E-state index is 4.29. The molecule has 0 fully saturated rings. The van der Waals surface area contributed by atoms with E-state index in [4.69, 9.17) is 0 Å². The van der Waals surface area contributed by atoms with Gasteiger partial charge in [-0.3, -0.25) is 0 Å². The minimum atomic E-state index is 0.0818. The molecule has 0 saturated heterocycles. The second-order valence-corrected chi connectivity index (χ2v) is 19.1. The summed E-state index contributed by atoms with van der Waals surface area (Å²) in [6, 6.07) is 28.8. The summed E-state index contributed by atoms with van der Waals surface area (Å²) in [6.45, 7) is 27.3. The highest BCUT2D eigenvalue weighted by molar-refractivity contribution is 5.53. The molecule has 4 nitrogen and oxygen atoms in total. The highest BCUT2D eigenvalue weighted by atomic mass is 15.0. The second kappa shape index (κ2) is 15.4. The molecule has 4 N–H and O–H groups in total. The summed E-state index contributed by atoms with van der Waals surface area (Å²) in [4.78, 5) is 8.36. The molecule has 8 atom stereocenters. The van der Waals surface area contributed by atoms with Gasteiger partial charge in [0.2, 0.25) is 0 Å². The molecule has 4 aromatic carbocycles. The van der Waals surface area contributed by atoms with E-state index in [0.717, 1.165) is 0 Å². The standard InChI is InChI=1S/C56H64N4/c1-29-21-33(5)49(34(6)22-29)53-41-13-15-43(57-41)54(50-35(7)23-30(2)24-36(50)8)45-17-19-47(59-45)56(52-39(11)27-32(4)28-40(52)12)48-20-18-46(60-48)55(44-16-14-42(53)58-44)51-37(9)25-31(3)26-38(51)10/h13-28,41,43,46,48,53-60H,1-12H3. The molecule has 0 aliphatic carbocycles. The van der Waals surface area contributed by atoms with Crippen LogP contribution in [0.3, 0.4) is 0 Å². The number of rotatable bonds is 4. The first-order chi connectivity index (χ1) is 28.7. The van der Waals surface area contributed by atoms with Crippen LogP contribution in [0.5, 0.6) is 0 Å². The third kappa shape index (κ3) is 6.96. The Bertz CT molecular complexity index is 2240. The largest absolute Gasteiger partial charge is 0.361 e. The molecule has 0 saturated carbocycles. The van der Waals surface area contributed by atoms with E-state index < -0.39 is 0 Å². The number of aromatic nitrogens is 2. The van der Waals surface area contributed by atoms with Gasteiger partial charge in [-0.2, -0.15) is 0 Å². The van der Waals surface area contributed by atoms with Gasteiger partial charge in [-0.25, -0.2) is 0 Å². The fourth-order valence-electron chi connectivity index (χ4n) is 12.4. The van der Waals surface area contributed by atoms with Gasteiger partial charge >= 0.3 is 0 Å². The van der Waals surface area contributed by atoms with Crippen LogP contribution in [0.2, 0.25) is 0 Å². The lowest BCUT2D eigenvalue weighted by atomic mass is 9.82. The Balaban J connectivity index is 1.29. The van der Waals surface area contributed by atoms with Gasteiger partial charge in [-0.05, 0) is 174 Å². The normalized spacial score (nSPS) is 24.7. The van der Waals surface area contributed by atoms with E-state index in [1.54, 1.807) is 0 Å². The van der Waals surface area contributed by atoms with E-state index in [-0.39, 0.29) is 47.8 Å². The average molecular weight is 793 g/mol. The zero-order chi connectivity index (χ0) is 42.3. The Morgan fingerprint density at radius 3 is 0.650 bits per heavy atom. The zero-order valence-electron chi connectivity index (χ0n) is 37.9. The third-order valence-corrected chi connectivity index (χ3v) is 14.3. The topological polar surface area (TPSA) is 55.6 Å². The number of H-pyrrole nitrogens is 2. The summed E-state index contributed by atoms with van der Waals surface area (Å²) < 4.78 is 0. The van der Waals surface area contributed by atoms with Crippen molar-refractivity contribution in [3.63, 3.8) is 0 Å². The highest BCUT2D eigenvalue weighted by Gasteiger charge is 2.40. The summed E-state index contributed by atoms with van der Waals surface area (Å²) in [5.41, 5.74) is 26.6. The number of benzene rings is 4. The molecule has 3 aliphatic heterocycles. The third-order valence-electron chi connectivity index (χ3n) is 14.3. The van der Waals surface area contributed by atoms with Gasteiger partial charge < -0.3 is 20.6 Å². The van der Waals surface area contributed by atoms with Crippen LogP contribution in [0.4, 0.5) is 0 Å². The van der Waals surface area contributed by atoms with Crippen molar-refractivity contribution in [2.24, 2.45) is 0 Å². The summed E-state index contributed by atoms with van der Waals surface area (Å²) >= 11 is 0. The van der Waals surface area contributed by atoms with Crippen molar-refractivity contribution >= 4 is 0 Å². The minimum Gasteiger partial charge on any atom is -0.361 e. The molecular weight excluding hydrogens is 729 g/mol. The number of nitrogens with one attached hydrogen (secondary N) is 4. The lowest BCUT2D eigenvalue weighted by molar-refractivity contribution is 0.473. The smallest absolute Gasteiger partial charge is 0.0435 e. The molecule has 6 aromatic rings. The molecule has 0 radical (unpaired) electrons. The SMILES string of the molecule is Cc1cc(C)c(C2c3ccc([nH]3)C(c3c(C)cc(C)cc3C)C3C=CC(N3)C(c3c(C)cc(C)cc3C)c3ccc([nH]3)C(c3c(C)cc(C)cc3C)C3C=CC2N3)c(C)c1. The Hall–Kier alpha value is -5.16. The maximum atomic E-state index is 4.29. The van der Waals surface area contributed by atoms with Crippen LogP contribution in [-0.4, -0.2) is 34.1 Å². The van der Waals surface area contributed by atoms with Crippen LogP contribution in [0.15, 0.2) is 97.1 Å². The van der Waals surface area contributed by atoms with Crippen molar-refractivity contribution in [1.82, 2.24) is 20.6 Å². The van der Waals surface area contributed by atoms with E-state index >= 15 is 0 Å². The molecule has 5 heterocycles. The van der Waals surface area contributed by atoms with Crippen molar-refractivity contribution < 1.29 is 0 Å². The number of hydrogen-bond donors (Lipinski definition) is 4. The summed E-state index contributed by atoms with van der Waals surface area (Å²) in [7, 11) is 0. The first kappa shape index (κ1) is 40.3. The van der Waals surface area contributed by atoms with Crippen molar-refractivity contribution in [2.75, 3.05) is 0 Å². The summed E-state index contributed by atoms with van der Waals surface area (Å²) in [6.07, 6.45) is 9.90. The van der Waals surface area contributed by atoms with Crippen LogP contribution >= 0.6 is 0 Å². The van der Waals surface area contributed by atoms with Crippen molar-refractivity contribution in [1.29, 1.82) is 0 Å². The molecule has 8 bridgehead atoms. The molecule has 8 unspecified atom stereocenters. The molecule has 0 spiro atoms. The van der Waals surface area contributed by atoms with E-state index in [1.807, 2.05) is 0 Å². The molecule has 60 heavy (non-hydrogen) atoms. The van der Waals surface area contributed by atoms with Gasteiger partial charge in [0.25, 0.3) is 0 Å². The molecule has 4 heteroatoms. The molecule has 308 valence electrons.